The van der Waals surface area contributed by atoms with E-state index in [-0.39, 0.29) is 11.6 Å². The summed E-state index contributed by atoms with van der Waals surface area (Å²) in [6.07, 6.45) is 1.62. The van der Waals surface area contributed by atoms with Gasteiger partial charge in [0.05, 0.1) is 15.5 Å². The quantitative estimate of drug-likeness (QED) is 0.216. The van der Waals surface area contributed by atoms with Crippen molar-refractivity contribution in [3.63, 3.8) is 0 Å². The van der Waals surface area contributed by atoms with Crippen molar-refractivity contribution in [3.05, 3.63) is 86.5 Å². The molecule has 1 fully saturated rings. The van der Waals surface area contributed by atoms with E-state index in [2.05, 4.69) is 0 Å². The van der Waals surface area contributed by atoms with Crippen LogP contribution in [0.2, 0.25) is 5.02 Å². The van der Waals surface area contributed by atoms with Gasteiger partial charge in [0.15, 0.2) is 4.32 Å². The van der Waals surface area contributed by atoms with Gasteiger partial charge in [-0.25, -0.2) is 0 Å². The molecule has 9 heteroatoms. The summed E-state index contributed by atoms with van der Waals surface area (Å²) >= 11 is 12.5. The number of carbonyl (C=O) groups excluding carboxylic acids is 1. The summed E-state index contributed by atoms with van der Waals surface area (Å²) in [5.41, 5.74) is 1.31. The van der Waals surface area contributed by atoms with Crippen molar-refractivity contribution in [1.29, 1.82) is 0 Å². The number of halogens is 1. The van der Waals surface area contributed by atoms with Crippen LogP contribution in [0.5, 0.6) is 0 Å². The Labute approximate surface area is 179 Å². The van der Waals surface area contributed by atoms with Crippen LogP contribution in [0.25, 0.3) is 17.4 Å². The van der Waals surface area contributed by atoms with Gasteiger partial charge in [-0.1, -0.05) is 41.6 Å². The van der Waals surface area contributed by atoms with Crippen LogP contribution >= 0.6 is 35.6 Å². The first-order valence-electron chi connectivity index (χ1n) is 8.30. The molecular formula is C20H11ClN2O4S2. The molecule has 29 heavy (non-hydrogen) atoms. The van der Waals surface area contributed by atoms with Gasteiger partial charge in [0.2, 0.25) is 0 Å². The Bertz CT molecular complexity index is 1170. The summed E-state index contributed by atoms with van der Waals surface area (Å²) < 4.78 is 6.19. The molecule has 0 radical (unpaired) electrons. The number of furan rings is 1. The molecule has 1 amide bonds. The molecule has 0 atom stereocenters. The third-order valence-electron chi connectivity index (χ3n) is 4.12. The third-order valence-corrected chi connectivity index (χ3v) is 5.66. The zero-order chi connectivity index (χ0) is 20.5. The second kappa shape index (κ2) is 7.82. The predicted molar refractivity (Wildman–Crippen MR) is 118 cm³/mol. The Morgan fingerprint density at radius 2 is 1.90 bits per heavy atom. The minimum absolute atomic E-state index is 0.00483. The number of amides is 1. The summed E-state index contributed by atoms with van der Waals surface area (Å²) in [5.74, 6) is 0.761. The number of nitrogens with zero attached hydrogens (tertiary/aromatic N) is 2. The lowest BCUT2D eigenvalue weighted by molar-refractivity contribution is -0.384. The first kappa shape index (κ1) is 19.4. The monoisotopic (exact) mass is 442 g/mol. The van der Waals surface area contributed by atoms with Crippen LogP contribution < -0.4 is 4.90 Å². The van der Waals surface area contributed by atoms with Crippen molar-refractivity contribution in [2.24, 2.45) is 0 Å². The standard InChI is InChI=1S/C20H11ClN2O4S2/c21-13-2-1-3-15(10-13)22-19(24)18(29-20(22)28)11-16-8-9-17(27-16)12-4-6-14(7-5-12)23(25)26/h1-11H/b18-11+. The number of nitro benzene ring substituents is 1. The largest absolute Gasteiger partial charge is 0.457 e. The minimum Gasteiger partial charge on any atom is -0.457 e. The van der Waals surface area contributed by atoms with Crippen molar-refractivity contribution in [3.8, 4) is 11.3 Å². The fourth-order valence-electron chi connectivity index (χ4n) is 2.77. The van der Waals surface area contributed by atoms with E-state index in [0.29, 0.717) is 37.0 Å². The highest BCUT2D eigenvalue weighted by Gasteiger charge is 2.33. The Morgan fingerprint density at radius 3 is 2.59 bits per heavy atom. The smallest absolute Gasteiger partial charge is 0.270 e. The zero-order valence-corrected chi connectivity index (χ0v) is 17.0. The summed E-state index contributed by atoms with van der Waals surface area (Å²) in [6.45, 7) is 0. The van der Waals surface area contributed by atoms with E-state index in [9.17, 15) is 14.9 Å². The molecule has 6 nitrogen and oxygen atoms in total. The lowest BCUT2D eigenvalue weighted by Gasteiger charge is -2.14. The van der Waals surface area contributed by atoms with Crippen LogP contribution in [0.15, 0.2) is 70.0 Å². The Balaban J connectivity index is 1.58. The molecule has 1 aliphatic rings. The second-order valence-electron chi connectivity index (χ2n) is 6.00. The number of hydrogen-bond donors (Lipinski definition) is 0. The molecular weight excluding hydrogens is 432 g/mol. The van der Waals surface area contributed by atoms with Gasteiger partial charge < -0.3 is 4.42 Å². The summed E-state index contributed by atoms with van der Waals surface area (Å²) in [5, 5.41) is 11.3. The van der Waals surface area contributed by atoms with Crippen LogP contribution in [0.4, 0.5) is 11.4 Å². The number of thioether (sulfide) groups is 1. The van der Waals surface area contributed by atoms with E-state index in [1.54, 1.807) is 54.6 Å². The molecule has 0 N–H and O–H groups in total. The van der Waals surface area contributed by atoms with Gasteiger partial charge in [-0.3, -0.25) is 19.8 Å². The molecule has 144 valence electrons. The minimum atomic E-state index is -0.459. The SMILES string of the molecule is O=C1/C(=C\c2ccc(-c3ccc([N+](=O)[O-])cc3)o2)SC(=S)N1c1cccc(Cl)c1. The Hall–Kier alpha value is -2.94. The molecule has 1 aliphatic heterocycles. The summed E-state index contributed by atoms with van der Waals surface area (Å²) in [7, 11) is 0. The number of carbonyl (C=O) groups is 1. The van der Waals surface area contributed by atoms with Gasteiger partial charge in [0.1, 0.15) is 11.5 Å². The molecule has 0 unspecified atom stereocenters. The molecule has 2 aromatic carbocycles. The van der Waals surface area contributed by atoms with Crippen molar-refractivity contribution < 1.29 is 14.1 Å². The second-order valence-corrected chi connectivity index (χ2v) is 8.12. The number of nitro groups is 1. The Morgan fingerprint density at radius 1 is 1.14 bits per heavy atom. The van der Waals surface area contributed by atoms with Gasteiger partial charge in [-0.2, -0.15) is 0 Å². The van der Waals surface area contributed by atoms with E-state index in [0.717, 1.165) is 0 Å². The number of benzene rings is 2. The van der Waals surface area contributed by atoms with Gasteiger partial charge >= 0.3 is 0 Å². The van der Waals surface area contributed by atoms with Crippen LogP contribution in [-0.4, -0.2) is 15.2 Å². The van der Waals surface area contributed by atoms with E-state index in [1.807, 2.05) is 0 Å². The number of anilines is 1. The van der Waals surface area contributed by atoms with Gasteiger partial charge in [-0.15, -0.1) is 0 Å². The molecule has 2 heterocycles. The fraction of sp³-hybridized carbons (Fsp3) is 0. The highest BCUT2D eigenvalue weighted by atomic mass is 35.5. The van der Waals surface area contributed by atoms with E-state index in [4.69, 9.17) is 28.2 Å². The van der Waals surface area contributed by atoms with Crippen molar-refractivity contribution >= 4 is 63.3 Å². The average molecular weight is 443 g/mol. The van der Waals surface area contributed by atoms with Crippen LogP contribution in [-0.2, 0) is 4.79 Å². The average Bonchev–Trinajstić information content (AvgIpc) is 3.26. The fourth-order valence-corrected chi connectivity index (χ4v) is 4.23. The molecule has 1 aromatic heterocycles. The number of thiocarbonyl (C=S) groups is 1. The molecule has 1 saturated heterocycles. The van der Waals surface area contributed by atoms with E-state index < -0.39 is 4.92 Å². The van der Waals surface area contributed by atoms with E-state index in [1.165, 1.54) is 28.8 Å². The van der Waals surface area contributed by atoms with Gasteiger partial charge in [0, 0.05) is 28.8 Å². The molecule has 0 saturated carbocycles. The maximum atomic E-state index is 12.8. The maximum absolute atomic E-state index is 12.8. The highest BCUT2D eigenvalue weighted by Crippen LogP contribution is 2.37. The lowest BCUT2D eigenvalue weighted by Crippen LogP contribution is -2.27. The van der Waals surface area contributed by atoms with Gasteiger partial charge in [0.25, 0.3) is 11.6 Å². The van der Waals surface area contributed by atoms with Crippen LogP contribution in [0.3, 0.4) is 0 Å². The Kier molecular flexibility index (Phi) is 5.23. The van der Waals surface area contributed by atoms with E-state index >= 15 is 0 Å². The first-order valence-corrected chi connectivity index (χ1v) is 9.91. The molecule has 0 spiro atoms. The molecule has 0 aliphatic carbocycles. The van der Waals surface area contributed by atoms with Crippen LogP contribution in [0, 0.1) is 10.1 Å². The lowest BCUT2D eigenvalue weighted by atomic mass is 10.1. The molecule has 0 bridgehead atoms. The highest BCUT2D eigenvalue weighted by molar-refractivity contribution is 8.27. The first-order chi connectivity index (χ1) is 13.9. The molecule has 4 rings (SSSR count). The van der Waals surface area contributed by atoms with Crippen molar-refractivity contribution in [1.82, 2.24) is 0 Å². The number of rotatable bonds is 4. The van der Waals surface area contributed by atoms with Crippen molar-refractivity contribution in [2.45, 2.75) is 0 Å². The normalized spacial score (nSPS) is 15.3. The predicted octanol–water partition coefficient (Wildman–Crippen LogP) is 5.91. The number of non-ortho nitro benzene ring substituents is 1. The third kappa shape index (κ3) is 3.95. The van der Waals surface area contributed by atoms with Crippen LogP contribution in [0.1, 0.15) is 5.76 Å². The zero-order valence-electron chi connectivity index (χ0n) is 14.6. The van der Waals surface area contributed by atoms with Gasteiger partial charge in [-0.05, 0) is 42.5 Å². The maximum Gasteiger partial charge on any atom is 0.270 e. The topological polar surface area (TPSA) is 76.6 Å². The molecule has 3 aromatic rings. The van der Waals surface area contributed by atoms with Crippen molar-refractivity contribution in [2.75, 3.05) is 4.90 Å². The number of hydrogen-bond acceptors (Lipinski definition) is 6. The summed E-state index contributed by atoms with van der Waals surface area (Å²) in [4.78, 5) is 25.0. The summed E-state index contributed by atoms with van der Waals surface area (Å²) in [6, 6.07) is 16.4.